The lowest BCUT2D eigenvalue weighted by atomic mass is 9.98. The third-order valence-corrected chi connectivity index (χ3v) is 4.48. The highest BCUT2D eigenvalue weighted by Crippen LogP contribution is 2.22. The van der Waals surface area contributed by atoms with Crippen LogP contribution in [0.1, 0.15) is 54.9 Å². The Balaban J connectivity index is 1.66. The molecule has 0 radical (unpaired) electrons. The van der Waals surface area contributed by atoms with Crippen molar-refractivity contribution < 1.29 is 9.53 Å². The molecule has 3 rings (SSSR count). The van der Waals surface area contributed by atoms with Gasteiger partial charge in [-0.15, -0.1) is 0 Å². The van der Waals surface area contributed by atoms with E-state index in [0.717, 1.165) is 43.4 Å². The van der Waals surface area contributed by atoms with E-state index in [9.17, 15) is 4.79 Å². The summed E-state index contributed by atoms with van der Waals surface area (Å²) >= 11 is 0. The first-order valence-corrected chi connectivity index (χ1v) is 8.52. The van der Waals surface area contributed by atoms with Gasteiger partial charge in [-0.2, -0.15) is 0 Å². The molecule has 0 aliphatic heterocycles. The molecule has 1 aromatic heterocycles. The molecule has 0 bridgehead atoms. The lowest BCUT2D eigenvalue weighted by Gasteiger charge is -2.21. The summed E-state index contributed by atoms with van der Waals surface area (Å²) in [6.45, 7) is 2.11. The van der Waals surface area contributed by atoms with E-state index >= 15 is 0 Å². The van der Waals surface area contributed by atoms with Gasteiger partial charge in [0.05, 0.1) is 11.3 Å². The molecule has 0 spiro atoms. The topological polar surface area (TPSA) is 39.2 Å². The molecule has 1 fully saturated rings. The largest absolute Gasteiger partial charge is 0.459 e. The zero-order valence-electron chi connectivity index (χ0n) is 13.6. The molecule has 1 aliphatic rings. The van der Waals surface area contributed by atoms with Gasteiger partial charge in [0, 0.05) is 11.8 Å². The van der Waals surface area contributed by atoms with Crippen LogP contribution < -0.4 is 0 Å². The van der Waals surface area contributed by atoms with Crippen LogP contribution in [0.5, 0.6) is 0 Å². The fraction of sp³-hybridized carbons (Fsp3) is 0.400. The third kappa shape index (κ3) is 3.98. The Morgan fingerprint density at radius 2 is 1.83 bits per heavy atom. The lowest BCUT2D eigenvalue weighted by Crippen LogP contribution is -2.20. The molecule has 0 amide bonds. The number of benzene rings is 1. The molecular weight excluding hydrogens is 286 g/mol. The van der Waals surface area contributed by atoms with Crippen LogP contribution in [0.25, 0.3) is 11.3 Å². The van der Waals surface area contributed by atoms with Gasteiger partial charge in [0.25, 0.3) is 0 Å². The van der Waals surface area contributed by atoms with Gasteiger partial charge in [-0.1, -0.05) is 31.5 Å². The zero-order valence-corrected chi connectivity index (χ0v) is 13.6. The molecule has 3 heteroatoms. The monoisotopic (exact) mass is 309 g/mol. The third-order valence-electron chi connectivity index (χ3n) is 4.48. The van der Waals surface area contributed by atoms with Crippen molar-refractivity contribution in [3.8, 4) is 11.3 Å². The Kier molecular flexibility index (Phi) is 5.06. The van der Waals surface area contributed by atoms with E-state index in [-0.39, 0.29) is 12.1 Å². The molecule has 1 heterocycles. The average Bonchev–Trinajstić information content (AvgIpc) is 2.63. The maximum atomic E-state index is 12.2. The van der Waals surface area contributed by atoms with E-state index in [4.69, 9.17) is 4.74 Å². The van der Waals surface area contributed by atoms with Crippen molar-refractivity contribution in [2.45, 2.75) is 51.6 Å². The SMILES string of the molecule is CCc1ccc(-c2ccc(C(=O)OC3CCCCC3)cc2)nc1. The van der Waals surface area contributed by atoms with Gasteiger partial charge in [0.1, 0.15) is 6.10 Å². The summed E-state index contributed by atoms with van der Waals surface area (Å²) in [7, 11) is 0. The minimum atomic E-state index is -0.210. The van der Waals surface area contributed by atoms with Crippen molar-refractivity contribution in [1.29, 1.82) is 0 Å². The normalized spacial score (nSPS) is 15.3. The van der Waals surface area contributed by atoms with E-state index in [1.165, 1.54) is 12.0 Å². The van der Waals surface area contributed by atoms with Crippen LogP contribution in [0.3, 0.4) is 0 Å². The van der Waals surface area contributed by atoms with Crippen molar-refractivity contribution in [3.05, 3.63) is 53.7 Å². The molecule has 1 aromatic carbocycles. The van der Waals surface area contributed by atoms with Gasteiger partial charge >= 0.3 is 5.97 Å². The summed E-state index contributed by atoms with van der Waals surface area (Å²) in [5, 5.41) is 0. The highest BCUT2D eigenvalue weighted by Gasteiger charge is 2.18. The molecular formula is C20H23NO2. The minimum Gasteiger partial charge on any atom is -0.459 e. The lowest BCUT2D eigenvalue weighted by molar-refractivity contribution is 0.0211. The number of nitrogens with zero attached hydrogens (tertiary/aromatic N) is 1. The number of esters is 1. The molecule has 0 unspecified atom stereocenters. The Labute approximate surface area is 137 Å². The molecule has 1 saturated carbocycles. The minimum absolute atomic E-state index is 0.0965. The molecule has 3 nitrogen and oxygen atoms in total. The van der Waals surface area contributed by atoms with E-state index < -0.39 is 0 Å². The predicted octanol–water partition coefficient (Wildman–Crippen LogP) is 4.80. The molecule has 120 valence electrons. The van der Waals surface area contributed by atoms with Gasteiger partial charge in [-0.3, -0.25) is 4.98 Å². The van der Waals surface area contributed by atoms with E-state index in [1.54, 1.807) is 0 Å². The predicted molar refractivity (Wildman–Crippen MR) is 91.3 cm³/mol. The Bertz CT molecular complexity index is 640. The number of pyridine rings is 1. The molecule has 0 saturated heterocycles. The summed E-state index contributed by atoms with van der Waals surface area (Å²) in [5.74, 6) is -0.210. The summed E-state index contributed by atoms with van der Waals surface area (Å²) in [6.07, 6.45) is 8.56. The van der Waals surface area contributed by atoms with Crippen molar-refractivity contribution in [3.63, 3.8) is 0 Å². The number of carbonyl (C=O) groups excluding carboxylic acids is 1. The second-order valence-corrected chi connectivity index (χ2v) is 6.15. The van der Waals surface area contributed by atoms with Crippen molar-refractivity contribution in [2.75, 3.05) is 0 Å². The fourth-order valence-corrected chi connectivity index (χ4v) is 2.98. The van der Waals surface area contributed by atoms with Gasteiger partial charge in [0.15, 0.2) is 0 Å². The molecule has 0 atom stereocenters. The zero-order chi connectivity index (χ0) is 16.1. The van der Waals surface area contributed by atoms with Crippen LogP contribution in [-0.4, -0.2) is 17.1 Å². The number of rotatable bonds is 4. The van der Waals surface area contributed by atoms with Gasteiger partial charge in [0.2, 0.25) is 0 Å². The van der Waals surface area contributed by atoms with E-state index in [0.29, 0.717) is 5.56 Å². The number of hydrogen-bond donors (Lipinski definition) is 0. The number of ether oxygens (including phenoxy) is 1. The molecule has 0 N–H and O–H groups in total. The van der Waals surface area contributed by atoms with E-state index in [2.05, 4.69) is 18.0 Å². The molecule has 1 aliphatic carbocycles. The molecule has 23 heavy (non-hydrogen) atoms. The van der Waals surface area contributed by atoms with Crippen LogP contribution in [-0.2, 0) is 11.2 Å². The first-order valence-electron chi connectivity index (χ1n) is 8.52. The highest BCUT2D eigenvalue weighted by atomic mass is 16.5. The number of carbonyl (C=O) groups is 1. The van der Waals surface area contributed by atoms with Gasteiger partial charge < -0.3 is 4.74 Å². The van der Waals surface area contributed by atoms with Crippen molar-refractivity contribution >= 4 is 5.97 Å². The quantitative estimate of drug-likeness (QED) is 0.761. The molecule has 2 aromatic rings. The highest BCUT2D eigenvalue weighted by molar-refractivity contribution is 5.90. The van der Waals surface area contributed by atoms with Crippen LogP contribution in [0.2, 0.25) is 0 Å². The van der Waals surface area contributed by atoms with Crippen molar-refractivity contribution in [2.24, 2.45) is 0 Å². The number of aromatic nitrogens is 1. The van der Waals surface area contributed by atoms with E-state index in [1.807, 2.05) is 36.5 Å². The van der Waals surface area contributed by atoms with Crippen LogP contribution in [0.15, 0.2) is 42.6 Å². The summed E-state index contributed by atoms with van der Waals surface area (Å²) in [6, 6.07) is 11.6. The summed E-state index contributed by atoms with van der Waals surface area (Å²) < 4.78 is 5.60. The Hall–Kier alpha value is -2.16. The second-order valence-electron chi connectivity index (χ2n) is 6.15. The number of aryl methyl sites for hydroxylation is 1. The van der Waals surface area contributed by atoms with Crippen LogP contribution in [0.4, 0.5) is 0 Å². The van der Waals surface area contributed by atoms with Gasteiger partial charge in [-0.05, 0) is 55.9 Å². The number of hydrogen-bond acceptors (Lipinski definition) is 3. The van der Waals surface area contributed by atoms with Crippen LogP contribution in [0, 0.1) is 0 Å². The fourth-order valence-electron chi connectivity index (χ4n) is 2.98. The smallest absolute Gasteiger partial charge is 0.338 e. The maximum Gasteiger partial charge on any atom is 0.338 e. The summed E-state index contributed by atoms with van der Waals surface area (Å²) in [4.78, 5) is 16.7. The first kappa shape index (κ1) is 15.7. The van der Waals surface area contributed by atoms with Crippen molar-refractivity contribution in [1.82, 2.24) is 4.98 Å². The Morgan fingerprint density at radius 1 is 1.09 bits per heavy atom. The Morgan fingerprint density at radius 3 is 2.43 bits per heavy atom. The second kappa shape index (κ2) is 7.40. The first-order chi connectivity index (χ1) is 11.3. The summed E-state index contributed by atoms with van der Waals surface area (Å²) in [5.41, 5.74) is 3.78. The average molecular weight is 309 g/mol. The van der Waals surface area contributed by atoms with Gasteiger partial charge in [-0.25, -0.2) is 4.79 Å². The maximum absolute atomic E-state index is 12.2. The van der Waals surface area contributed by atoms with Crippen LogP contribution >= 0.6 is 0 Å². The standard InChI is InChI=1S/C20H23NO2/c1-2-15-8-13-19(21-14-15)16-9-11-17(12-10-16)20(22)23-18-6-4-3-5-7-18/h8-14,18H,2-7H2,1H3.